The lowest BCUT2D eigenvalue weighted by molar-refractivity contribution is 0.181. The largest absolute Gasteiger partial charge is 0.409 e. The fourth-order valence-electron chi connectivity index (χ4n) is 1.85. The van der Waals surface area contributed by atoms with E-state index < -0.39 is 0 Å². The van der Waals surface area contributed by atoms with Gasteiger partial charge in [0.15, 0.2) is 5.84 Å². The number of rotatable bonds is 6. The van der Waals surface area contributed by atoms with E-state index in [0.29, 0.717) is 18.2 Å². The Bertz CT molecular complexity index is 450. The number of likely N-dealkylation sites (N-methyl/N-ethyl adjacent to an activating group) is 1. The first-order chi connectivity index (χ1) is 9.03. The lowest BCUT2D eigenvalue weighted by Crippen LogP contribution is -2.38. The maximum atomic E-state index is 8.73. The number of nitrogens with zero attached hydrogens (tertiary/aromatic N) is 4. The number of aryl methyl sites for hydroxylation is 1. The Morgan fingerprint density at radius 1 is 1.58 bits per heavy atom. The highest BCUT2D eigenvalue weighted by atomic mass is 16.5. The van der Waals surface area contributed by atoms with Gasteiger partial charge in [-0.1, -0.05) is 5.16 Å². The Labute approximate surface area is 113 Å². The van der Waals surface area contributed by atoms with E-state index in [0.717, 1.165) is 12.2 Å². The summed E-state index contributed by atoms with van der Waals surface area (Å²) in [6.07, 6.45) is 0. The van der Waals surface area contributed by atoms with Crippen LogP contribution in [0.25, 0.3) is 0 Å². The van der Waals surface area contributed by atoms with Crippen molar-refractivity contribution in [2.45, 2.75) is 26.8 Å². The topological polar surface area (TPSA) is 96.9 Å². The van der Waals surface area contributed by atoms with Crippen LogP contribution >= 0.6 is 0 Å². The molecule has 0 fully saturated rings. The van der Waals surface area contributed by atoms with Gasteiger partial charge in [-0.2, -0.15) is 0 Å². The molecule has 7 heteroatoms. The third-order valence-electron chi connectivity index (χ3n) is 2.75. The lowest BCUT2D eigenvalue weighted by atomic mass is 10.3. The third kappa shape index (κ3) is 3.78. The molecular formula is C12H21N5O2. The monoisotopic (exact) mass is 267 g/mol. The number of anilines is 1. The molecule has 0 aromatic carbocycles. The van der Waals surface area contributed by atoms with Crippen LogP contribution in [0.4, 0.5) is 5.95 Å². The number of aromatic nitrogens is 2. The van der Waals surface area contributed by atoms with Gasteiger partial charge >= 0.3 is 0 Å². The predicted octanol–water partition coefficient (Wildman–Crippen LogP) is 0.741. The molecule has 3 N–H and O–H groups in total. The van der Waals surface area contributed by atoms with Gasteiger partial charge in [0.05, 0.1) is 12.6 Å². The molecule has 1 unspecified atom stereocenters. The number of nitrogens with two attached hydrogens (primary N) is 1. The average molecular weight is 267 g/mol. The summed E-state index contributed by atoms with van der Waals surface area (Å²) in [6.45, 7) is 7.20. The van der Waals surface area contributed by atoms with Crippen molar-refractivity contribution in [2.24, 2.45) is 10.9 Å². The van der Waals surface area contributed by atoms with Crippen LogP contribution in [0, 0.1) is 6.92 Å². The number of hydrogen-bond donors (Lipinski definition) is 2. The van der Waals surface area contributed by atoms with Crippen LogP contribution in [-0.2, 0) is 4.74 Å². The van der Waals surface area contributed by atoms with Crippen molar-refractivity contribution in [3.05, 3.63) is 17.5 Å². The normalized spacial score (nSPS) is 13.4. The molecular weight excluding hydrogens is 246 g/mol. The summed E-state index contributed by atoms with van der Waals surface area (Å²) in [7, 11) is 1.66. The second-order valence-corrected chi connectivity index (χ2v) is 4.27. The van der Waals surface area contributed by atoms with Crippen molar-refractivity contribution in [1.29, 1.82) is 0 Å². The fraction of sp³-hybridized carbons (Fsp3) is 0.583. The Morgan fingerprint density at radius 3 is 2.79 bits per heavy atom. The lowest BCUT2D eigenvalue weighted by Gasteiger charge is -2.27. The first kappa shape index (κ1) is 15.2. The van der Waals surface area contributed by atoms with Crippen LogP contribution in [0.2, 0.25) is 0 Å². The molecule has 7 nitrogen and oxygen atoms in total. The van der Waals surface area contributed by atoms with Gasteiger partial charge in [-0.25, -0.2) is 9.97 Å². The summed E-state index contributed by atoms with van der Waals surface area (Å²) in [5.41, 5.74) is 6.74. The molecule has 0 saturated heterocycles. The minimum absolute atomic E-state index is 0.0257. The van der Waals surface area contributed by atoms with E-state index in [2.05, 4.69) is 15.1 Å². The Morgan fingerprint density at radius 2 is 2.26 bits per heavy atom. The summed E-state index contributed by atoms with van der Waals surface area (Å²) in [6, 6.07) is 1.81. The highest BCUT2D eigenvalue weighted by Gasteiger charge is 2.17. The number of hydrogen-bond acceptors (Lipinski definition) is 6. The van der Waals surface area contributed by atoms with Gasteiger partial charge in [0.2, 0.25) is 5.95 Å². The van der Waals surface area contributed by atoms with E-state index in [-0.39, 0.29) is 11.9 Å². The molecule has 0 amide bonds. The standard InChI is InChI=1S/C12H21N5O2/c1-5-17(9(3)7-19-4)12-14-8(2)6-10(15-12)11(13)16-18/h6,9,18H,5,7H2,1-4H3,(H2,13,16). The molecule has 19 heavy (non-hydrogen) atoms. The number of oxime groups is 1. The summed E-state index contributed by atoms with van der Waals surface area (Å²) in [5, 5.41) is 11.7. The highest BCUT2D eigenvalue weighted by molar-refractivity contribution is 5.95. The molecule has 0 saturated carbocycles. The maximum absolute atomic E-state index is 8.73. The van der Waals surface area contributed by atoms with Crippen LogP contribution in [0.15, 0.2) is 11.2 Å². The van der Waals surface area contributed by atoms with Crippen molar-refractivity contribution in [1.82, 2.24) is 9.97 Å². The molecule has 0 aliphatic rings. The van der Waals surface area contributed by atoms with Crippen molar-refractivity contribution in [2.75, 3.05) is 25.2 Å². The van der Waals surface area contributed by atoms with E-state index in [4.69, 9.17) is 15.7 Å². The second-order valence-electron chi connectivity index (χ2n) is 4.27. The first-order valence-electron chi connectivity index (χ1n) is 6.12. The van der Waals surface area contributed by atoms with Gasteiger partial charge in [0.1, 0.15) is 5.69 Å². The molecule has 1 aromatic heterocycles. The molecule has 1 atom stereocenters. The van der Waals surface area contributed by atoms with Crippen molar-refractivity contribution in [3.8, 4) is 0 Å². The quantitative estimate of drug-likeness (QED) is 0.341. The third-order valence-corrected chi connectivity index (χ3v) is 2.75. The highest BCUT2D eigenvalue weighted by Crippen LogP contribution is 2.13. The average Bonchev–Trinajstić information content (AvgIpc) is 2.38. The van der Waals surface area contributed by atoms with E-state index in [1.54, 1.807) is 13.2 Å². The van der Waals surface area contributed by atoms with Gasteiger partial charge in [0, 0.05) is 19.3 Å². The zero-order chi connectivity index (χ0) is 14.4. The zero-order valence-corrected chi connectivity index (χ0v) is 11.8. The van der Waals surface area contributed by atoms with Crippen LogP contribution in [-0.4, -0.2) is 47.3 Å². The maximum Gasteiger partial charge on any atom is 0.226 e. The molecule has 0 radical (unpaired) electrons. The molecule has 106 valence electrons. The summed E-state index contributed by atoms with van der Waals surface area (Å²) in [4.78, 5) is 10.7. The molecule has 1 heterocycles. The molecule has 1 rings (SSSR count). The molecule has 0 aliphatic carbocycles. The van der Waals surface area contributed by atoms with E-state index in [1.807, 2.05) is 25.7 Å². The Balaban J connectivity index is 3.13. The summed E-state index contributed by atoms with van der Waals surface area (Å²) < 4.78 is 5.15. The number of ether oxygens (including phenoxy) is 1. The minimum Gasteiger partial charge on any atom is -0.409 e. The predicted molar refractivity (Wildman–Crippen MR) is 73.6 cm³/mol. The van der Waals surface area contributed by atoms with Gasteiger partial charge in [-0.15, -0.1) is 0 Å². The van der Waals surface area contributed by atoms with E-state index in [9.17, 15) is 0 Å². The van der Waals surface area contributed by atoms with Gasteiger partial charge < -0.3 is 20.6 Å². The van der Waals surface area contributed by atoms with Crippen molar-refractivity contribution >= 4 is 11.8 Å². The molecule has 0 spiro atoms. The van der Waals surface area contributed by atoms with Crippen molar-refractivity contribution < 1.29 is 9.94 Å². The van der Waals surface area contributed by atoms with Crippen LogP contribution in [0.1, 0.15) is 25.2 Å². The fourth-order valence-corrected chi connectivity index (χ4v) is 1.85. The summed E-state index contributed by atoms with van der Waals surface area (Å²) >= 11 is 0. The zero-order valence-electron chi connectivity index (χ0n) is 11.8. The number of methoxy groups -OCH3 is 1. The van der Waals surface area contributed by atoms with Crippen molar-refractivity contribution in [3.63, 3.8) is 0 Å². The SMILES string of the molecule is CCN(c1nc(C)cc(/C(N)=N/O)n1)C(C)COC. The second kappa shape index (κ2) is 6.89. The van der Waals surface area contributed by atoms with Gasteiger partial charge in [-0.05, 0) is 26.8 Å². The molecule has 0 bridgehead atoms. The Kier molecular flexibility index (Phi) is 5.50. The molecule has 1 aromatic rings. The smallest absolute Gasteiger partial charge is 0.226 e. The van der Waals surface area contributed by atoms with Gasteiger partial charge in [0.25, 0.3) is 0 Å². The van der Waals surface area contributed by atoms with Crippen LogP contribution in [0.3, 0.4) is 0 Å². The van der Waals surface area contributed by atoms with Gasteiger partial charge in [-0.3, -0.25) is 0 Å². The molecule has 0 aliphatic heterocycles. The summed E-state index contributed by atoms with van der Waals surface area (Å²) in [5.74, 6) is 0.524. The van der Waals surface area contributed by atoms with E-state index in [1.165, 1.54) is 0 Å². The first-order valence-corrected chi connectivity index (χ1v) is 6.12. The van der Waals surface area contributed by atoms with E-state index >= 15 is 0 Å². The Hall–Kier alpha value is -1.89. The van der Waals surface area contributed by atoms with Crippen LogP contribution < -0.4 is 10.6 Å². The minimum atomic E-state index is -0.0257. The van der Waals surface area contributed by atoms with Crippen LogP contribution in [0.5, 0.6) is 0 Å². The number of amidine groups is 1.